The predicted octanol–water partition coefficient (Wildman–Crippen LogP) is 3.60. The highest BCUT2D eigenvalue weighted by Crippen LogP contribution is 2.12. The second-order valence-corrected chi connectivity index (χ2v) is 5.33. The van der Waals surface area contributed by atoms with Crippen LogP contribution in [-0.4, -0.2) is 16.9 Å². The summed E-state index contributed by atoms with van der Waals surface area (Å²) in [6, 6.07) is 3.51. The van der Waals surface area contributed by atoms with Gasteiger partial charge < -0.3 is 5.32 Å². The Bertz CT molecular complexity index is 400. The van der Waals surface area contributed by atoms with Crippen LogP contribution in [0.1, 0.15) is 49.7 Å². The number of amides is 1. The van der Waals surface area contributed by atoms with E-state index in [0.717, 1.165) is 18.5 Å². The van der Waals surface area contributed by atoms with Gasteiger partial charge in [-0.3, -0.25) is 4.79 Å². The van der Waals surface area contributed by atoms with Crippen LogP contribution in [0.4, 0.5) is 0 Å². The van der Waals surface area contributed by atoms with Gasteiger partial charge in [0.15, 0.2) is 0 Å². The Labute approximate surface area is 114 Å². The smallest absolute Gasteiger partial charge is 0.251 e. The molecule has 0 radical (unpaired) electrons. The fraction of sp³-hybridized carbons (Fsp3) is 0.571. The molecule has 0 fully saturated rings. The fourth-order valence-corrected chi connectivity index (χ4v) is 2.15. The highest BCUT2D eigenvalue weighted by molar-refractivity contribution is 6.29. The van der Waals surface area contributed by atoms with E-state index in [1.54, 1.807) is 12.1 Å². The lowest BCUT2D eigenvalue weighted by Crippen LogP contribution is -2.33. The highest BCUT2D eigenvalue weighted by Gasteiger charge is 2.13. The van der Waals surface area contributed by atoms with Gasteiger partial charge in [0.25, 0.3) is 5.91 Å². The minimum absolute atomic E-state index is 0.0850. The molecule has 1 amide bonds. The van der Waals surface area contributed by atoms with Gasteiger partial charge in [-0.05, 0) is 38.3 Å². The number of aromatic nitrogens is 1. The largest absolute Gasteiger partial charge is 0.350 e. The second-order valence-electron chi connectivity index (χ2n) is 4.94. The predicted molar refractivity (Wildman–Crippen MR) is 75.0 cm³/mol. The molecular weight excluding hydrogens is 248 g/mol. The summed E-state index contributed by atoms with van der Waals surface area (Å²) in [6.07, 6.45) is 2.11. The first-order valence-corrected chi connectivity index (χ1v) is 6.75. The molecule has 0 saturated heterocycles. The van der Waals surface area contributed by atoms with Crippen LogP contribution in [0.15, 0.2) is 12.1 Å². The van der Waals surface area contributed by atoms with Gasteiger partial charge in [0.1, 0.15) is 5.15 Å². The van der Waals surface area contributed by atoms with E-state index >= 15 is 0 Å². The molecule has 1 heterocycles. The number of carbonyl (C=O) groups is 1. The van der Waals surface area contributed by atoms with Gasteiger partial charge in [-0.1, -0.05) is 31.9 Å². The number of nitrogens with one attached hydrogen (secondary N) is 1. The Morgan fingerprint density at radius 1 is 1.44 bits per heavy atom. The van der Waals surface area contributed by atoms with Crippen LogP contribution in [0, 0.1) is 12.8 Å². The summed E-state index contributed by atoms with van der Waals surface area (Å²) in [5.41, 5.74) is 1.32. The van der Waals surface area contributed by atoms with Crippen molar-refractivity contribution >= 4 is 17.5 Å². The number of carbonyl (C=O) groups excluding carboxylic acids is 1. The number of hydrogen-bond donors (Lipinski definition) is 1. The summed E-state index contributed by atoms with van der Waals surface area (Å²) >= 11 is 5.85. The first kappa shape index (κ1) is 15.0. The highest BCUT2D eigenvalue weighted by atomic mass is 35.5. The molecule has 4 heteroatoms. The number of hydrogen-bond acceptors (Lipinski definition) is 2. The Hall–Kier alpha value is -1.09. The van der Waals surface area contributed by atoms with Crippen LogP contribution in [0.3, 0.4) is 0 Å². The molecule has 100 valence electrons. The lowest BCUT2D eigenvalue weighted by atomic mass is 10.0. The zero-order valence-corrected chi connectivity index (χ0v) is 12.2. The number of halogens is 1. The third-order valence-corrected chi connectivity index (χ3v) is 3.21. The van der Waals surface area contributed by atoms with Crippen molar-refractivity contribution in [2.45, 2.75) is 46.6 Å². The number of nitrogens with zero attached hydrogens (tertiary/aromatic N) is 1. The van der Waals surface area contributed by atoms with Crippen LogP contribution in [0.2, 0.25) is 5.15 Å². The van der Waals surface area contributed by atoms with Crippen molar-refractivity contribution < 1.29 is 4.79 Å². The molecule has 1 N–H and O–H groups in total. The zero-order chi connectivity index (χ0) is 13.7. The van der Waals surface area contributed by atoms with Gasteiger partial charge in [0, 0.05) is 17.3 Å². The number of pyridine rings is 1. The molecule has 2 unspecified atom stereocenters. The maximum Gasteiger partial charge on any atom is 0.251 e. The number of aryl methyl sites for hydroxylation is 1. The number of rotatable bonds is 5. The molecular formula is C14H21ClN2O. The molecule has 0 aliphatic rings. The summed E-state index contributed by atoms with van der Waals surface area (Å²) in [5, 5.41) is 3.35. The van der Waals surface area contributed by atoms with Crippen molar-refractivity contribution in [1.82, 2.24) is 10.3 Å². The fourth-order valence-electron chi connectivity index (χ4n) is 1.90. The van der Waals surface area contributed by atoms with Crippen LogP contribution < -0.4 is 5.32 Å². The molecule has 0 aliphatic carbocycles. The van der Waals surface area contributed by atoms with Crippen molar-refractivity contribution in [1.29, 1.82) is 0 Å². The summed E-state index contributed by atoms with van der Waals surface area (Å²) < 4.78 is 0. The summed E-state index contributed by atoms with van der Waals surface area (Å²) in [6.45, 7) is 8.20. The molecule has 3 nitrogen and oxygen atoms in total. The van der Waals surface area contributed by atoms with Crippen LogP contribution in [0.5, 0.6) is 0 Å². The molecule has 0 spiro atoms. The zero-order valence-electron chi connectivity index (χ0n) is 11.5. The SMILES string of the molecule is CCC(C)CC(C)NC(=O)c1cc(C)nc(Cl)c1. The lowest BCUT2D eigenvalue weighted by Gasteiger charge is -2.17. The first-order chi connectivity index (χ1) is 8.42. The topological polar surface area (TPSA) is 42.0 Å². The van der Waals surface area contributed by atoms with Crippen molar-refractivity contribution in [3.63, 3.8) is 0 Å². The quantitative estimate of drug-likeness (QED) is 0.829. The van der Waals surface area contributed by atoms with E-state index in [4.69, 9.17) is 11.6 Å². The van der Waals surface area contributed by atoms with Crippen LogP contribution >= 0.6 is 11.6 Å². The molecule has 2 atom stereocenters. The van der Waals surface area contributed by atoms with Gasteiger partial charge in [-0.15, -0.1) is 0 Å². The maximum atomic E-state index is 12.0. The van der Waals surface area contributed by atoms with Crippen molar-refractivity contribution in [2.75, 3.05) is 0 Å². The average Bonchev–Trinajstić information content (AvgIpc) is 2.27. The Balaban J connectivity index is 2.64. The molecule has 1 aromatic rings. The van der Waals surface area contributed by atoms with Crippen molar-refractivity contribution in [2.24, 2.45) is 5.92 Å². The monoisotopic (exact) mass is 268 g/mol. The van der Waals surface area contributed by atoms with Gasteiger partial charge >= 0.3 is 0 Å². The van der Waals surface area contributed by atoms with E-state index < -0.39 is 0 Å². The Morgan fingerprint density at radius 3 is 2.67 bits per heavy atom. The van der Waals surface area contributed by atoms with E-state index in [0.29, 0.717) is 16.6 Å². The average molecular weight is 269 g/mol. The van der Waals surface area contributed by atoms with E-state index in [2.05, 4.69) is 24.1 Å². The molecule has 0 aromatic carbocycles. The van der Waals surface area contributed by atoms with Crippen LogP contribution in [-0.2, 0) is 0 Å². The minimum atomic E-state index is -0.0850. The molecule has 18 heavy (non-hydrogen) atoms. The van der Waals surface area contributed by atoms with E-state index in [1.807, 2.05) is 13.8 Å². The van der Waals surface area contributed by atoms with Gasteiger partial charge in [0.05, 0.1) is 0 Å². The second kappa shape index (κ2) is 6.74. The van der Waals surface area contributed by atoms with Gasteiger partial charge in [0.2, 0.25) is 0 Å². The minimum Gasteiger partial charge on any atom is -0.350 e. The summed E-state index contributed by atoms with van der Waals surface area (Å²) in [5.74, 6) is 0.529. The molecule has 0 bridgehead atoms. The molecule has 0 aliphatic heterocycles. The molecule has 1 aromatic heterocycles. The standard InChI is InChI=1S/C14H21ClN2O/c1-5-9(2)6-10(3)17-14(18)12-7-11(4)16-13(15)8-12/h7-10H,5-6H2,1-4H3,(H,17,18). The Morgan fingerprint density at radius 2 is 2.11 bits per heavy atom. The molecule has 1 rings (SSSR count). The van der Waals surface area contributed by atoms with E-state index in [1.165, 1.54) is 0 Å². The third kappa shape index (κ3) is 4.65. The lowest BCUT2D eigenvalue weighted by molar-refractivity contribution is 0.0935. The maximum absolute atomic E-state index is 12.0. The molecule has 0 saturated carbocycles. The van der Waals surface area contributed by atoms with E-state index in [-0.39, 0.29) is 11.9 Å². The summed E-state index contributed by atoms with van der Waals surface area (Å²) in [7, 11) is 0. The van der Waals surface area contributed by atoms with Gasteiger partial charge in [-0.25, -0.2) is 4.98 Å². The third-order valence-electron chi connectivity index (χ3n) is 3.01. The van der Waals surface area contributed by atoms with Crippen molar-refractivity contribution in [3.8, 4) is 0 Å². The Kier molecular flexibility index (Phi) is 5.60. The van der Waals surface area contributed by atoms with Crippen LogP contribution in [0.25, 0.3) is 0 Å². The normalized spacial score (nSPS) is 14.1. The van der Waals surface area contributed by atoms with Gasteiger partial charge in [-0.2, -0.15) is 0 Å². The van der Waals surface area contributed by atoms with E-state index in [9.17, 15) is 4.79 Å². The summed E-state index contributed by atoms with van der Waals surface area (Å²) in [4.78, 5) is 16.1. The van der Waals surface area contributed by atoms with Crippen molar-refractivity contribution in [3.05, 3.63) is 28.5 Å². The first-order valence-electron chi connectivity index (χ1n) is 6.37.